The number of nitrogens with zero attached hydrogens (tertiary/aromatic N) is 2. The van der Waals surface area contributed by atoms with Gasteiger partial charge in [-0.2, -0.15) is 0 Å². The van der Waals surface area contributed by atoms with Crippen molar-refractivity contribution in [3.8, 4) is 0 Å². The number of pyridine rings is 1. The summed E-state index contributed by atoms with van der Waals surface area (Å²) in [6, 6.07) is 1.64. The van der Waals surface area contributed by atoms with Gasteiger partial charge in [0, 0.05) is 31.5 Å². The van der Waals surface area contributed by atoms with Crippen molar-refractivity contribution < 1.29 is 13.9 Å². The Labute approximate surface area is 104 Å². The fourth-order valence-electron chi connectivity index (χ4n) is 2.11. The van der Waals surface area contributed by atoms with E-state index >= 15 is 0 Å². The second kappa shape index (κ2) is 4.68. The van der Waals surface area contributed by atoms with Crippen molar-refractivity contribution in [2.45, 2.75) is 31.8 Å². The molecule has 0 amide bonds. The molecule has 1 unspecified atom stereocenters. The van der Waals surface area contributed by atoms with Crippen molar-refractivity contribution in [1.29, 1.82) is 0 Å². The molecule has 0 aromatic carbocycles. The molecular weight excluding hydrogens is 240 g/mol. The maximum Gasteiger partial charge on any atom is 0.251 e. The van der Waals surface area contributed by atoms with Crippen molar-refractivity contribution in [1.82, 2.24) is 4.98 Å². The van der Waals surface area contributed by atoms with E-state index in [2.05, 4.69) is 4.98 Å². The molecule has 0 bridgehead atoms. The van der Waals surface area contributed by atoms with E-state index in [0.29, 0.717) is 17.1 Å². The Morgan fingerprint density at radius 1 is 1.44 bits per heavy atom. The number of nitrogen functional groups attached to an aromatic ring is 1. The number of aromatic nitrogens is 1. The van der Waals surface area contributed by atoms with E-state index in [1.807, 2.05) is 0 Å². The summed E-state index contributed by atoms with van der Waals surface area (Å²) >= 11 is 0. The Morgan fingerprint density at radius 3 is 2.61 bits per heavy atom. The number of piperidine rings is 1. The molecule has 1 saturated heterocycles. The molecule has 0 saturated carbocycles. The van der Waals surface area contributed by atoms with Crippen LogP contribution >= 0.6 is 0 Å². The van der Waals surface area contributed by atoms with Gasteiger partial charge < -0.3 is 15.7 Å². The van der Waals surface area contributed by atoms with E-state index in [0.717, 1.165) is 0 Å². The number of aliphatic hydroxyl groups is 1. The highest BCUT2D eigenvalue weighted by molar-refractivity contribution is 5.54. The van der Waals surface area contributed by atoms with Gasteiger partial charge in [0.25, 0.3) is 5.92 Å². The predicted octanol–water partition coefficient (Wildman–Crippen LogP) is 1.95. The van der Waals surface area contributed by atoms with Gasteiger partial charge in [-0.15, -0.1) is 0 Å². The van der Waals surface area contributed by atoms with Gasteiger partial charge in [-0.1, -0.05) is 0 Å². The number of hydrogen-bond donors (Lipinski definition) is 2. The zero-order valence-corrected chi connectivity index (χ0v) is 10.2. The lowest BCUT2D eigenvalue weighted by molar-refractivity contribution is -0.0222. The maximum absolute atomic E-state index is 13.1. The minimum absolute atomic E-state index is 0.182. The van der Waals surface area contributed by atoms with Crippen molar-refractivity contribution >= 4 is 11.5 Å². The predicted molar refractivity (Wildman–Crippen MR) is 65.7 cm³/mol. The maximum atomic E-state index is 13.1. The molecule has 1 aliphatic heterocycles. The fourth-order valence-corrected chi connectivity index (χ4v) is 2.11. The van der Waals surface area contributed by atoms with Crippen LogP contribution in [0.25, 0.3) is 0 Å². The molecule has 1 atom stereocenters. The normalized spacial score (nSPS) is 20.8. The molecule has 6 heteroatoms. The summed E-state index contributed by atoms with van der Waals surface area (Å²) in [6.45, 7) is 2.09. The van der Waals surface area contributed by atoms with Gasteiger partial charge in [0.1, 0.15) is 5.82 Å². The standard InChI is InChI=1S/C12H17F2N3O/c1-8(18)10-6-9(15)7-16-11(10)17-4-2-12(13,14)3-5-17/h6-8,18H,2-5,15H2,1H3. The van der Waals surface area contributed by atoms with Crippen molar-refractivity contribution in [3.05, 3.63) is 17.8 Å². The van der Waals surface area contributed by atoms with Gasteiger partial charge in [-0.25, -0.2) is 13.8 Å². The zero-order chi connectivity index (χ0) is 13.3. The third-order valence-corrected chi connectivity index (χ3v) is 3.16. The first-order valence-electron chi connectivity index (χ1n) is 5.95. The molecule has 0 aliphatic carbocycles. The Balaban J connectivity index is 2.24. The van der Waals surface area contributed by atoms with Gasteiger partial charge in [-0.3, -0.25) is 0 Å². The number of alkyl halides is 2. The molecule has 1 aliphatic rings. The molecule has 1 aromatic heterocycles. The van der Waals surface area contributed by atoms with E-state index in [4.69, 9.17) is 5.73 Å². The number of halogens is 2. The van der Waals surface area contributed by atoms with Crippen molar-refractivity contribution in [3.63, 3.8) is 0 Å². The Morgan fingerprint density at radius 2 is 2.06 bits per heavy atom. The summed E-state index contributed by atoms with van der Waals surface area (Å²) in [6.07, 6.45) is 0.392. The van der Waals surface area contributed by atoms with Crippen LogP contribution in [0.4, 0.5) is 20.3 Å². The number of anilines is 2. The summed E-state index contributed by atoms with van der Waals surface area (Å²) in [4.78, 5) is 5.94. The lowest BCUT2D eigenvalue weighted by Gasteiger charge is -2.34. The van der Waals surface area contributed by atoms with Crippen LogP contribution in [0.15, 0.2) is 12.3 Å². The third-order valence-electron chi connectivity index (χ3n) is 3.16. The van der Waals surface area contributed by atoms with Gasteiger partial charge >= 0.3 is 0 Å². The van der Waals surface area contributed by atoms with Crippen LogP contribution in [0, 0.1) is 0 Å². The number of nitrogens with two attached hydrogens (primary N) is 1. The quantitative estimate of drug-likeness (QED) is 0.850. The smallest absolute Gasteiger partial charge is 0.251 e. The van der Waals surface area contributed by atoms with E-state index in [-0.39, 0.29) is 25.9 Å². The third kappa shape index (κ3) is 2.69. The van der Waals surface area contributed by atoms with Crippen LogP contribution in [0.3, 0.4) is 0 Å². The monoisotopic (exact) mass is 257 g/mol. The van der Waals surface area contributed by atoms with Crippen LogP contribution in [0.5, 0.6) is 0 Å². The second-order valence-corrected chi connectivity index (χ2v) is 4.70. The van der Waals surface area contributed by atoms with Crippen LogP contribution in [-0.2, 0) is 0 Å². The first-order chi connectivity index (χ1) is 8.39. The molecular formula is C12H17F2N3O. The fraction of sp³-hybridized carbons (Fsp3) is 0.583. The molecule has 1 aromatic rings. The largest absolute Gasteiger partial charge is 0.397 e. The first kappa shape index (κ1) is 13.0. The average molecular weight is 257 g/mol. The van der Waals surface area contributed by atoms with E-state index in [1.165, 1.54) is 6.20 Å². The topological polar surface area (TPSA) is 62.4 Å². The molecule has 0 radical (unpaired) electrons. The average Bonchev–Trinajstić information content (AvgIpc) is 2.29. The summed E-state index contributed by atoms with van der Waals surface area (Å²) in [5.74, 6) is -2.04. The van der Waals surface area contributed by atoms with Crippen LogP contribution in [0.2, 0.25) is 0 Å². The lowest BCUT2D eigenvalue weighted by Crippen LogP contribution is -2.40. The van der Waals surface area contributed by atoms with E-state index in [1.54, 1.807) is 17.9 Å². The highest BCUT2D eigenvalue weighted by Gasteiger charge is 2.35. The van der Waals surface area contributed by atoms with Crippen molar-refractivity contribution in [2.75, 3.05) is 23.7 Å². The SMILES string of the molecule is CC(O)c1cc(N)cnc1N1CCC(F)(F)CC1. The molecule has 2 rings (SSSR count). The molecule has 100 valence electrons. The lowest BCUT2D eigenvalue weighted by atomic mass is 10.0. The summed E-state index contributed by atoms with van der Waals surface area (Å²) < 4.78 is 26.2. The zero-order valence-electron chi connectivity index (χ0n) is 10.2. The van der Waals surface area contributed by atoms with Crippen molar-refractivity contribution in [2.24, 2.45) is 0 Å². The summed E-state index contributed by atoms with van der Waals surface area (Å²) in [5.41, 5.74) is 6.66. The van der Waals surface area contributed by atoms with E-state index in [9.17, 15) is 13.9 Å². The molecule has 4 nitrogen and oxygen atoms in total. The highest BCUT2D eigenvalue weighted by atomic mass is 19.3. The molecule has 0 spiro atoms. The summed E-state index contributed by atoms with van der Waals surface area (Å²) in [5, 5.41) is 9.69. The van der Waals surface area contributed by atoms with Gasteiger partial charge in [0.2, 0.25) is 0 Å². The van der Waals surface area contributed by atoms with Gasteiger partial charge in [0.05, 0.1) is 18.0 Å². The minimum atomic E-state index is -2.59. The Kier molecular flexibility index (Phi) is 3.38. The highest BCUT2D eigenvalue weighted by Crippen LogP contribution is 2.33. The van der Waals surface area contributed by atoms with Gasteiger partial charge in [-0.05, 0) is 13.0 Å². The molecule has 2 heterocycles. The first-order valence-corrected chi connectivity index (χ1v) is 5.95. The number of aliphatic hydroxyl groups excluding tert-OH is 1. The summed E-state index contributed by atoms with van der Waals surface area (Å²) in [7, 11) is 0. The van der Waals surface area contributed by atoms with Gasteiger partial charge in [0.15, 0.2) is 0 Å². The van der Waals surface area contributed by atoms with Crippen LogP contribution < -0.4 is 10.6 Å². The number of hydrogen-bond acceptors (Lipinski definition) is 4. The Hall–Kier alpha value is -1.43. The minimum Gasteiger partial charge on any atom is -0.397 e. The van der Waals surface area contributed by atoms with Crippen LogP contribution in [0.1, 0.15) is 31.4 Å². The Bertz CT molecular complexity index is 427. The van der Waals surface area contributed by atoms with Crippen LogP contribution in [-0.4, -0.2) is 29.1 Å². The molecule has 1 fully saturated rings. The van der Waals surface area contributed by atoms with E-state index < -0.39 is 12.0 Å². The second-order valence-electron chi connectivity index (χ2n) is 4.70. The molecule has 18 heavy (non-hydrogen) atoms. The number of rotatable bonds is 2. The molecule has 3 N–H and O–H groups in total.